The Morgan fingerprint density at radius 3 is 2.76 bits per heavy atom. The highest BCUT2D eigenvalue weighted by Gasteiger charge is 2.06. The van der Waals surface area contributed by atoms with Crippen molar-refractivity contribution >= 4 is 23.4 Å². The average molecular weight is 356 g/mol. The number of nitrogens with one attached hydrogen (secondary N) is 2. The van der Waals surface area contributed by atoms with Gasteiger partial charge in [0.1, 0.15) is 5.75 Å². The summed E-state index contributed by atoms with van der Waals surface area (Å²) in [6.07, 6.45) is 1.92. The van der Waals surface area contributed by atoms with Crippen molar-refractivity contribution in [2.75, 3.05) is 30.5 Å². The number of hydrogen-bond acceptors (Lipinski definition) is 4. The van der Waals surface area contributed by atoms with Crippen LogP contribution >= 0.6 is 11.8 Å². The molecule has 0 aliphatic rings. The maximum atomic E-state index is 12.3. The smallest absolute Gasteiger partial charge is 0.255 e. The lowest BCUT2D eigenvalue weighted by Crippen LogP contribution is -2.17. The van der Waals surface area contributed by atoms with E-state index in [0.717, 1.165) is 41.6 Å². The van der Waals surface area contributed by atoms with E-state index >= 15 is 0 Å². The summed E-state index contributed by atoms with van der Waals surface area (Å²) in [6, 6.07) is 14.9. The summed E-state index contributed by atoms with van der Waals surface area (Å²) in [6.45, 7) is 5.43. The first-order valence-corrected chi connectivity index (χ1v) is 9.32. The summed E-state index contributed by atoms with van der Waals surface area (Å²) in [5.41, 5.74) is 2.53. The zero-order valence-electron chi connectivity index (χ0n) is 14.5. The number of ether oxygens (including phenoxy) is 1. The summed E-state index contributed by atoms with van der Waals surface area (Å²) in [4.78, 5) is 12.3. The monoisotopic (exact) mass is 356 g/mol. The molecule has 0 aliphatic carbocycles. The highest BCUT2D eigenvalue weighted by atomic mass is 32.2. The molecule has 0 saturated carbocycles. The third-order valence-corrected chi connectivity index (χ3v) is 4.49. The summed E-state index contributed by atoms with van der Waals surface area (Å²) in [7, 11) is 1.60. The lowest BCUT2D eigenvalue weighted by atomic mass is 10.1. The molecule has 0 unspecified atom stereocenters. The Morgan fingerprint density at radius 2 is 2.04 bits per heavy atom. The predicted molar refractivity (Wildman–Crippen MR) is 107 cm³/mol. The van der Waals surface area contributed by atoms with Crippen molar-refractivity contribution in [2.24, 2.45) is 0 Å². The van der Waals surface area contributed by atoms with Gasteiger partial charge >= 0.3 is 0 Å². The Morgan fingerprint density at radius 1 is 1.24 bits per heavy atom. The quantitative estimate of drug-likeness (QED) is 0.500. The minimum Gasteiger partial charge on any atom is -0.497 e. The highest BCUT2D eigenvalue weighted by Crippen LogP contribution is 2.15. The molecule has 0 fully saturated rings. The van der Waals surface area contributed by atoms with Gasteiger partial charge in [-0.1, -0.05) is 18.2 Å². The number of carbonyl (C=O) groups is 1. The lowest BCUT2D eigenvalue weighted by Gasteiger charge is -2.09. The first-order chi connectivity index (χ1) is 12.2. The topological polar surface area (TPSA) is 50.4 Å². The Labute approximate surface area is 153 Å². The van der Waals surface area contributed by atoms with Crippen molar-refractivity contribution in [3.05, 3.63) is 72.3 Å². The molecule has 4 nitrogen and oxygen atoms in total. The van der Waals surface area contributed by atoms with Crippen molar-refractivity contribution in [1.29, 1.82) is 0 Å². The molecule has 2 rings (SSSR count). The standard InChI is InChI=1S/C20H24N2O2S/c1-3-12-25-13-11-21-15-16-5-4-6-18(14-16)22-20(23)17-7-9-19(24-2)10-8-17/h3-10,14,21H,1,11-13,15H2,2H3,(H,22,23). The van der Waals surface area contributed by atoms with E-state index in [1.807, 2.05) is 42.1 Å². The fraction of sp³-hybridized carbons (Fsp3) is 0.250. The fourth-order valence-electron chi connectivity index (χ4n) is 2.25. The number of anilines is 1. The Hall–Kier alpha value is -2.24. The first kappa shape index (κ1) is 19.1. The SMILES string of the molecule is C=CCSCCNCc1cccc(NC(=O)c2ccc(OC)cc2)c1. The van der Waals surface area contributed by atoms with Crippen LogP contribution in [0.3, 0.4) is 0 Å². The normalized spacial score (nSPS) is 10.3. The van der Waals surface area contributed by atoms with E-state index in [9.17, 15) is 4.79 Å². The third-order valence-electron chi connectivity index (χ3n) is 3.53. The van der Waals surface area contributed by atoms with E-state index in [-0.39, 0.29) is 5.91 Å². The number of rotatable bonds is 10. The van der Waals surface area contributed by atoms with Crippen LogP contribution in [0.1, 0.15) is 15.9 Å². The van der Waals surface area contributed by atoms with Crippen LogP contribution in [-0.2, 0) is 6.54 Å². The molecular weight excluding hydrogens is 332 g/mol. The highest BCUT2D eigenvalue weighted by molar-refractivity contribution is 7.99. The van der Waals surface area contributed by atoms with Gasteiger partial charge in [-0.2, -0.15) is 11.8 Å². The van der Waals surface area contributed by atoms with Crippen molar-refractivity contribution in [1.82, 2.24) is 5.32 Å². The van der Waals surface area contributed by atoms with Crippen LogP contribution in [-0.4, -0.2) is 31.1 Å². The molecule has 5 heteroatoms. The molecule has 2 aromatic rings. The molecule has 0 radical (unpaired) electrons. The van der Waals surface area contributed by atoms with Crippen molar-refractivity contribution in [3.8, 4) is 5.75 Å². The van der Waals surface area contributed by atoms with Gasteiger partial charge in [0.2, 0.25) is 0 Å². The minimum absolute atomic E-state index is 0.131. The number of amides is 1. The van der Waals surface area contributed by atoms with Gasteiger partial charge in [0, 0.05) is 35.8 Å². The number of thioether (sulfide) groups is 1. The fourth-order valence-corrected chi connectivity index (χ4v) is 2.87. The number of benzene rings is 2. The van der Waals surface area contributed by atoms with Crippen molar-refractivity contribution in [2.45, 2.75) is 6.54 Å². The second kappa shape index (κ2) is 10.6. The number of carbonyl (C=O) groups excluding carboxylic acids is 1. The Bertz CT molecular complexity index is 686. The van der Waals surface area contributed by atoms with E-state index in [0.29, 0.717) is 5.56 Å². The predicted octanol–water partition coefficient (Wildman–Crippen LogP) is 3.96. The molecule has 1 amide bonds. The van der Waals surface area contributed by atoms with E-state index in [4.69, 9.17) is 4.74 Å². The first-order valence-electron chi connectivity index (χ1n) is 8.16. The molecule has 0 spiro atoms. The third kappa shape index (κ3) is 6.64. The van der Waals surface area contributed by atoms with Gasteiger partial charge in [-0.25, -0.2) is 0 Å². The van der Waals surface area contributed by atoms with Crippen LogP contribution in [0, 0.1) is 0 Å². The Kier molecular flexibility index (Phi) is 8.09. The van der Waals surface area contributed by atoms with Gasteiger partial charge in [-0.3, -0.25) is 4.79 Å². The Balaban J connectivity index is 1.85. The molecule has 0 aromatic heterocycles. The van der Waals surface area contributed by atoms with E-state index in [1.165, 1.54) is 0 Å². The van der Waals surface area contributed by atoms with Crippen LogP contribution in [0.5, 0.6) is 5.75 Å². The van der Waals surface area contributed by atoms with Crippen LogP contribution in [0.25, 0.3) is 0 Å². The van der Waals surface area contributed by atoms with Crippen LogP contribution in [0.4, 0.5) is 5.69 Å². The van der Waals surface area contributed by atoms with Crippen molar-refractivity contribution < 1.29 is 9.53 Å². The zero-order valence-corrected chi connectivity index (χ0v) is 15.3. The van der Waals surface area contributed by atoms with Gasteiger partial charge in [0.15, 0.2) is 0 Å². The van der Waals surface area contributed by atoms with Gasteiger partial charge in [0.05, 0.1) is 7.11 Å². The summed E-state index contributed by atoms with van der Waals surface area (Å²) >= 11 is 1.85. The van der Waals surface area contributed by atoms with Crippen LogP contribution < -0.4 is 15.4 Å². The van der Waals surface area contributed by atoms with E-state index < -0.39 is 0 Å². The largest absolute Gasteiger partial charge is 0.497 e. The molecule has 0 saturated heterocycles. The molecule has 2 N–H and O–H groups in total. The van der Waals surface area contributed by atoms with Crippen LogP contribution in [0.15, 0.2) is 61.2 Å². The van der Waals surface area contributed by atoms with Gasteiger partial charge < -0.3 is 15.4 Å². The van der Waals surface area contributed by atoms with Gasteiger partial charge in [-0.15, -0.1) is 6.58 Å². The molecule has 0 aliphatic heterocycles. The summed E-state index contributed by atoms with van der Waals surface area (Å²) < 4.78 is 5.11. The average Bonchev–Trinajstić information content (AvgIpc) is 2.65. The molecule has 0 heterocycles. The second-order valence-corrected chi connectivity index (χ2v) is 6.57. The van der Waals surface area contributed by atoms with E-state index in [1.54, 1.807) is 31.4 Å². The molecule has 132 valence electrons. The molecular formula is C20H24N2O2S. The molecule has 0 bridgehead atoms. The molecule has 25 heavy (non-hydrogen) atoms. The van der Waals surface area contributed by atoms with Crippen LogP contribution in [0.2, 0.25) is 0 Å². The number of methoxy groups -OCH3 is 1. The minimum atomic E-state index is -0.131. The summed E-state index contributed by atoms with van der Waals surface area (Å²) in [5, 5.41) is 6.34. The maximum absolute atomic E-state index is 12.3. The van der Waals surface area contributed by atoms with Gasteiger partial charge in [-0.05, 0) is 42.0 Å². The van der Waals surface area contributed by atoms with Crippen molar-refractivity contribution in [3.63, 3.8) is 0 Å². The summed E-state index contributed by atoms with van der Waals surface area (Å²) in [5.74, 6) is 2.64. The lowest BCUT2D eigenvalue weighted by molar-refractivity contribution is 0.102. The molecule has 0 atom stereocenters. The molecule has 2 aromatic carbocycles. The second-order valence-electron chi connectivity index (χ2n) is 5.42. The van der Waals surface area contributed by atoms with E-state index in [2.05, 4.69) is 17.2 Å². The van der Waals surface area contributed by atoms with Gasteiger partial charge in [0.25, 0.3) is 5.91 Å². The maximum Gasteiger partial charge on any atom is 0.255 e. The number of hydrogen-bond donors (Lipinski definition) is 2. The zero-order chi connectivity index (χ0) is 17.9.